The SMILES string of the molecule is N#Cc1ccc(CCNc2ncc(-c3n[nH]c(=O)o3)cn2)cc1. The van der Waals surface area contributed by atoms with Crippen LogP contribution in [0.5, 0.6) is 0 Å². The van der Waals surface area contributed by atoms with Crippen molar-refractivity contribution in [3.8, 4) is 17.5 Å². The standard InChI is InChI=1S/C15H12N6O2/c16-7-11-3-1-10(2-4-11)5-6-17-14-18-8-12(9-19-14)13-20-21-15(22)23-13/h1-4,8-9H,5-6H2,(H,21,22)(H,17,18,19). The van der Waals surface area contributed by atoms with Crippen molar-refractivity contribution < 1.29 is 4.42 Å². The quantitative estimate of drug-likeness (QED) is 0.729. The monoisotopic (exact) mass is 308 g/mol. The van der Waals surface area contributed by atoms with Crippen LogP contribution in [0.4, 0.5) is 5.95 Å². The molecular weight excluding hydrogens is 296 g/mol. The molecule has 0 atom stereocenters. The predicted octanol–water partition coefficient (Wildman–Crippen LogP) is 1.35. The van der Waals surface area contributed by atoms with Gasteiger partial charge in [-0.05, 0) is 24.1 Å². The summed E-state index contributed by atoms with van der Waals surface area (Å²) in [5.74, 6) is 0.00373. The van der Waals surface area contributed by atoms with Gasteiger partial charge in [-0.15, -0.1) is 5.10 Å². The van der Waals surface area contributed by atoms with Crippen LogP contribution in [-0.2, 0) is 6.42 Å². The molecule has 0 amide bonds. The van der Waals surface area contributed by atoms with E-state index >= 15 is 0 Å². The number of hydrogen-bond donors (Lipinski definition) is 2. The average molecular weight is 308 g/mol. The summed E-state index contributed by atoms with van der Waals surface area (Å²) in [4.78, 5) is 19.2. The summed E-state index contributed by atoms with van der Waals surface area (Å²) in [7, 11) is 0. The van der Waals surface area contributed by atoms with Gasteiger partial charge in [0.25, 0.3) is 5.89 Å². The summed E-state index contributed by atoms with van der Waals surface area (Å²) in [6.45, 7) is 0.655. The number of H-pyrrole nitrogens is 1. The Bertz CT molecular complexity index is 874. The molecule has 0 bridgehead atoms. The Balaban J connectivity index is 1.56. The maximum Gasteiger partial charge on any atom is 0.434 e. The maximum atomic E-state index is 10.9. The highest BCUT2D eigenvalue weighted by molar-refractivity contribution is 5.50. The summed E-state index contributed by atoms with van der Waals surface area (Å²) in [6, 6.07) is 9.51. The van der Waals surface area contributed by atoms with Crippen molar-refractivity contribution in [3.63, 3.8) is 0 Å². The van der Waals surface area contributed by atoms with Crippen molar-refractivity contribution >= 4 is 5.95 Å². The van der Waals surface area contributed by atoms with Crippen molar-refractivity contribution in [2.45, 2.75) is 6.42 Å². The highest BCUT2D eigenvalue weighted by atomic mass is 16.4. The van der Waals surface area contributed by atoms with Gasteiger partial charge >= 0.3 is 5.76 Å². The Kier molecular flexibility index (Phi) is 4.11. The second-order valence-electron chi connectivity index (χ2n) is 4.70. The van der Waals surface area contributed by atoms with Gasteiger partial charge in [0.05, 0.1) is 17.2 Å². The Labute approximate surface area is 130 Å². The van der Waals surface area contributed by atoms with Crippen LogP contribution in [0.2, 0.25) is 0 Å². The Morgan fingerprint density at radius 3 is 2.57 bits per heavy atom. The minimum atomic E-state index is -0.621. The number of anilines is 1. The van der Waals surface area contributed by atoms with Crippen molar-refractivity contribution in [2.75, 3.05) is 11.9 Å². The smallest absolute Gasteiger partial charge is 0.388 e. The summed E-state index contributed by atoms with van der Waals surface area (Å²) in [5, 5.41) is 17.7. The first kappa shape index (κ1) is 14.5. The minimum Gasteiger partial charge on any atom is -0.388 e. The third-order valence-electron chi connectivity index (χ3n) is 3.12. The number of hydrogen-bond acceptors (Lipinski definition) is 7. The van der Waals surface area contributed by atoms with E-state index in [4.69, 9.17) is 9.68 Å². The van der Waals surface area contributed by atoms with Gasteiger partial charge in [-0.25, -0.2) is 19.9 Å². The van der Waals surface area contributed by atoms with E-state index in [-0.39, 0.29) is 5.89 Å². The van der Waals surface area contributed by atoms with Crippen molar-refractivity contribution in [3.05, 3.63) is 58.3 Å². The summed E-state index contributed by atoms with van der Waals surface area (Å²) >= 11 is 0. The van der Waals surface area contributed by atoms with Crippen LogP contribution in [-0.4, -0.2) is 26.7 Å². The van der Waals surface area contributed by atoms with Gasteiger partial charge in [0.15, 0.2) is 0 Å². The molecule has 0 aliphatic heterocycles. The Morgan fingerprint density at radius 2 is 1.96 bits per heavy atom. The van der Waals surface area contributed by atoms with E-state index in [1.807, 2.05) is 12.1 Å². The number of rotatable bonds is 5. The third-order valence-corrected chi connectivity index (χ3v) is 3.12. The van der Waals surface area contributed by atoms with Crippen LogP contribution >= 0.6 is 0 Å². The van der Waals surface area contributed by atoms with Gasteiger partial charge in [0.2, 0.25) is 5.95 Å². The Hall–Kier alpha value is -3.47. The van der Waals surface area contributed by atoms with E-state index in [1.54, 1.807) is 12.1 Å². The van der Waals surface area contributed by atoms with Crippen LogP contribution in [0, 0.1) is 11.3 Å². The number of aromatic amines is 1. The highest BCUT2D eigenvalue weighted by Crippen LogP contribution is 2.13. The molecule has 0 radical (unpaired) electrons. The van der Waals surface area contributed by atoms with Crippen LogP contribution < -0.4 is 11.1 Å². The zero-order valence-electron chi connectivity index (χ0n) is 12.0. The largest absolute Gasteiger partial charge is 0.434 e. The van der Waals surface area contributed by atoms with Crippen LogP contribution in [0.25, 0.3) is 11.5 Å². The topological polar surface area (TPSA) is 120 Å². The molecular formula is C15H12N6O2. The first-order valence-corrected chi connectivity index (χ1v) is 6.85. The van der Waals surface area contributed by atoms with Crippen LogP contribution in [0.15, 0.2) is 45.9 Å². The minimum absolute atomic E-state index is 0.152. The highest BCUT2D eigenvalue weighted by Gasteiger charge is 2.06. The fourth-order valence-corrected chi connectivity index (χ4v) is 1.95. The number of nitrogens with one attached hydrogen (secondary N) is 2. The summed E-state index contributed by atoms with van der Waals surface area (Å²) < 4.78 is 4.82. The molecule has 0 saturated carbocycles. The summed E-state index contributed by atoms with van der Waals surface area (Å²) in [6.07, 6.45) is 3.83. The Morgan fingerprint density at radius 1 is 1.22 bits per heavy atom. The molecule has 8 heteroatoms. The number of nitriles is 1. The predicted molar refractivity (Wildman–Crippen MR) is 81.5 cm³/mol. The van der Waals surface area contributed by atoms with E-state index in [2.05, 4.69) is 31.6 Å². The second-order valence-corrected chi connectivity index (χ2v) is 4.70. The second kappa shape index (κ2) is 6.53. The van der Waals surface area contributed by atoms with Crippen molar-refractivity contribution in [1.29, 1.82) is 5.26 Å². The van der Waals surface area contributed by atoms with Crippen molar-refractivity contribution in [1.82, 2.24) is 20.2 Å². The molecule has 23 heavy (non-hydrogen) atoms. The van der Waals surface area contributed by atoms with Gasteiger partial charge in [0.1, 0.15) is 0 Å². The molecule has 0 saturated heterocycles. The molecule has 114 valence electrons. The zero-order valence-corrected chi connectivity index (χ0v) is 12.0. The number of benzene rings is 1. The molecule has 2 N–H and O–H groups in total. The van der Waals surface area contributed by atoms with Gasteiger partial charge in [-0.2, -0.15) is 5.26 Å². The first-order valence-electron chi connectivity index (χ1n) is 6.85. The van der Waals surface area contributed by atoms with E-state index in [9.17, 15) is 4.79 Å². The van der Waals surface area contributed by atoms with E-state index < -0.39 is 5.76 Å². The molecule has 3 rings (SSSR count). The van der Waals surface area contributed by atoms with Gasteiger partial charge in [0, 0.05) is 18.9 Å². The van der Waals surface area contributed by atoms with Gasteiger partial charge < -0.3 is 9.73 Å². The lowest BCUT2D eigenvalue weighted by molar-refractivity contribution is 0.526. The lowest BCUT2D eigenvalue weighted by Gasteiger charge is -2.05. The lowest BCUT2D eigenvalue weighted by atomic mass is 10.1. The summed E-state index contributed by atoms with van der Waals surface area (Å²) in [5.41, 5.74) is 2.28. The average Bonchev–Trinajstić information content (AvgIpc) is 3.03. The lowest BCUT2D eigenvalue weighted by Crippen LogP contribution is -2.07. The number of nitrogens with zero attached hydrogens (tertiary/aromatic N) is 4. The number of aromatic nitrogens is 4. The van der Waals surface area contributed by atoms with E-state index in [1.165, 1.54) is 12.4 Å². The molecule has 2 aromatic heterocycles. The fourth-order valence-electron chi connectivity index (χ4n) is 1.95. The van der Waals surface area contributed by atoms with Gasteiger partial charge in [-0.1, -0.05) is 12.1 Å². The first-order chi connectivity index (χ1) is 11.2. The van der Waals surface area contributed by atoms with E-state index in [0.717, 1.165) is 12.0 Å². The molecule has 0 spiro atoms. The van der Waals surface area contributed by atoms with Crippen LogP contribution in [0.3, 0.4) is 0 Å². The molecule has 3 aromatic rings. The van der Waals surface area contributed by atoms with E-state index in [0.29, 0.717) is 23.6 Å². The molecule has 8 nitrogen and oxygen atoms in total. The molecule has 1 aromatic carbocycles. The van der Waals surface area contributed by atoms with Gasteiger partial charge in [-0.3, -0.25) is 0 Å². The normalized spacial score (nSPS) is 10.2. The fraction of sp³-hybridized carbons (Fsp3) is 0.133. The van der Waals surface area contributed by atoms with Crippen LogP contribution in [0.1, 0.15) is 11.1 Å². The molecule has 2 heterocycles. The molecule has 0 fully saturated rings. The van der Waals surface area contributed by atoms with Crippen molar-refractivity contribution in [2.24, 2.45) is 0 Å². The molecule has 0 unspecified atom stereocenters. The third kappa shape index (κ3) is 3.59. The molecule has 0 aliphatic carbocycles. The molecule has 0 aliphatic rings. The zero-order chi connectivity index (χ0) is 16.1. The maximum absolute atomic E-state index is 10.9.